The van der Waals surface area contributed by atoms with E-state index in [1.807, 2.05) is 48.5 Å². The zero-order valence-electron chi connectivity index (χ0n) is 15.8. The molecule has 2 aromatic carbocycles. The minimum atomic E-state index is -0.554. The number of hydrogen-bond donors (Lipinski definition) is 0. The first-order valence-corrected chi connectivity index (χ1v) is 8.94. The largest absolute Gasteiger partial charge is 0.496 e. The molecule has 0 fully saturated rings. The molecule has 0 radical (unpaired) electrons. The fraction of sp³-hybridized carbons (Fsp3) is 0.333. The molecule has 3 rings (SSSR count). The van der Waals surface area contributed by atoms with Gasteiger partial charge < -0.3 is 19.3 Å². The number of methoxy groups -OCH3 is 1. The van der Waals surface area contributed by atoms with E-state index < -0.39 is 6.10 Å². The van der Waals surface area contributed by atoms with Crippen molar-refractivity contribution in [1.29, 1.82) is 0 Å². The summed E-state index contributed by atoms with van der Waals surface area (Å²) in [6.07, 6.45) is -0.320. The summed E-state index contributed by atoms with van der Waals surface area (Å²) in [5, 5.41) is 0. The normalized spacial score (nSPS) is 15.7. The second-order valence-corrected chi connectivity index (χ2v) is 6.53. The molecule has 0 bridgehead atoms. The van der Waals surface area contributed by atoms with Crippen molar-refractivity contribution < 1.29 is 19.1 Å². The van der Waals surface area contributed by atoms with E-state index in [1.165, 1.54) is 0 Å². The molecular weight excluding hydrogens is 344 g/mol. The van der Waals surface area contributed by atoms with E-state index in [4.69, 9.17) is 9.47 Å². The van der Waals surface area contributed by atoms with Crippen LogP contribution < -0.4 is 14.4 Å². The van der Waals surface area contributed by atoms with E-state index in [9.17, 15) is 9.59 Å². The quantitative estimate of drug-likeness (QED) is 0.787. The SMILES string of the molecule is COc1ccccc1CN(C)C(=O)CCN1C(=O)[C@H](C)Oc2ccccc21. The van der Waals surface area contributed by atoms with Gasteiger partial charge in [0, 0.05) is 32.1 Å². The Hall–Kier alpha value is -3.02. The molecule has 0 aliphatic carbocycles. The van der Waals surface area contributed by atoms with Gasteiger partial charge in [-0.3, -0.25) is 9.59 Å². The number of para-hydroxylation sites is 3. The lowest BCUT2D eigenvalue weighted by atomic mass is 10.1. The van der Waals surface area contributed by atoms with E-state index in [1.54, 1.807) is 30.9 Å². The van der Waals surface area contributed by atoms with Crippen molar-refractivity contribution in [3.63, 3.8) is 0 Å². The van der Waals surface area contributed by atoms with E-state index >= 15 is 0 Å². The molecule has 1 heterocycles. The molecule has 142 valence electrons. The second-order valence-electron chi connectivity index (χ2n) is 6.53. The summed E-state index contributed by atoms with van der Waals surface area (Å²) in [7, 11) is 3.37. The third kappa shape index (κ3) is 4.05. The number of nitrogens with zero attached hydrogens (tertiary/aromatic N) is 2. The maximum Gasteiger partial charge on any atom is 0.267 e. The van der Waals surface area contributed by atoms with Crippen molar-refractivity contribution in [2.45, 2.75) is 26.0 Å². The first-order chi connectivity index (χ1) is 13.0. The topological polar surface area (TPSA) is 59.1 Å². The van der Waals surface area contributed by atoms with Crippen LogP contribution in [0.25, 0.3) is 0 Å². The Morgan fingerprint density at radius 2 is 1.89 bits per heavy atom. The van der Waals surface area contributed by atoms with Crippen LogP contribution in [0.15, 0.2) is 48.5 Å². The van der Waals surface area contributed by atoms with Crippen molar-refractivity contribution in [3.05, 3.63) is 54.1 Å². The van der Waals surface area contributed by atoms with E-state index in [0.29, 0.717) is 24.5 Å². The van der Waals surface area contributed by atoms with Crippen LogP contribution in [-0.2, 0) is 16.1 Å². The van der Waals surface area contributed by atoms with Crippen LogP contribution in [-0.4, -0.2) is 43.5 Å². The van der Waals surface area contributed by atoms with Crippen molar-refractivity contribution in [2.75, 3.05) is 25.6 Å². The molecule has 0 saturated carbocycles. The number of hydrogen-bond acceptors (Lipinski definition) is 4. The predicted molar refractivity (Wildman–Crippen MR) is 103 cm³/mol. The zero-order chi connectivity index (χ0) is 19.4. The standard InChI is InChI=1S/C21H24N2O4/c1-15-21(25)23(17-9-5-7-11-19(17)27-15)13-12-20(24)22(2)14-16-8-4-6-10-18(16)26-3/h4-11,15H,12-14H2,1-3H3/t15-/m0/s1. The van der Waals surface area contributed by atoms with E-state index in [0.717, 1.165) is 11.3 Å². The molecule has 2 amide bonds. The molecule has 0 unspecified atom stereocenters. The van der Waals surface area contributed by atoms with Crippen molar-refractivity contribution in [2.24, 2.45) is 0 Å². The van der Waals surface area contributed by atoms with Gasteiger partial charge in [0.25, 0.3) is 5.91 Å². The minimum absolute atomic E-state index is 0.0367. The van der Waals surface area contributed by atoms with Gasteiger partial charge in [-0.1, -0.05) is 30.3 Å². The second kappa shape index (κ2) is 8.12. The Morgan fingerprint density at radius 3 is 2.67 bits per heavy atom. The minimum Gasteiger partial charge on any atom is -0.496 e. The molecule has 6 heteroatoms. The van der Waals surface area contributed by atoms with Gasteiger partial charge in [0.2, 0.25) is 5.91 Å². The van der Waals surface area contributed by atoms with Crippen molar-refractivity contribution in [1.82, 2.24) is 4.90 Å². The number of anilines is 1. The summed E-state index contributed by atoms with van der Waals surface area (Å²) in [5.41, 5.74) is 1.65. The molecule has 1 aliphatic heterocycles. The van der Waals surface area contributed by atoms with Crippen LogP contribution >= 0.6 is 0 Å². The number of carbonyl (C=O) groups excluding carboxylic acids is 2. The monoisotopic (exact) mass is 368 g/mol. The van der Waals surface area contributed by atoms with E-state index in [2.05, 4.69) is 0 Å². The number of ether oxygens (including phenoxy) is 2. The number of carbonyl (C=O) groups is 2. The zero-order valence-corrected chi connectivity index (χ0v) is 15.8. The maximum absolute atomic E-state index is 12.6. The van der Waals surface area contributed by atoms with Crippen molar-refractivity contribution >= 4 is 17.5 Å². The van der Waals surface area contributed by atoms with Gasteiger partial charge in [-0.2, -0.15) is 0 Å². The first-order valence-electron chi connectivity index (χ1n) is 8.94. The molecule has 0 aromatic heterocycles. The fourth-order valence-electron chi connectivity index (χ4n) is 3.17. The fourth-order valence-corrected chi connectivity index (χ4v) is 3.17. The highest BCUT2D eigenvalue weighted by Crippen LogP contribution is 2.33. The van der Waals surface area contributed by atoms with Gasteiger partial charge in [-0.25, -0.2) is 0 Å². The highest BCUT2D eigenvalue weighted by atomic mass is 16.5. The van der Waals surface area contributed by atoms with Gasteiger partial charge in [-0.05, 0) is 25.1 Å². The molecule has 1 atom stereocenters. The Kier molecular flexibility index (Phi) is 5.64. The Labute approximate surface area is 159 Å². The summed E-state index contributed by atoms with van der Waals surface area (Å²) < 4.78 is 11.0. The van der Waals surface area contributed by atoms with Gasteiger partial charge >= 0.3 is 0 Å². The summed E-state index contributed by atoms with van der Waals surface area (Å²) in [4.78, 5) is 28.4. The lowest BCUT2D eigenvalue weighted by Gasteiger charge is -2.33. The van der Waals surface area contributed by atoms with Crippen LogP contribution in [0.3, 0.4) is 0 Å². The third-order valence-electron chi connectivity index (χ3n) is 4.65. The van der Waals surface area contributed by atoms with Gasteiger partial charge in [0.05, 0.1) is 12.8 Å². The Balaban J connectivity index is 1.65. The lowest BCUT2D eigenvalue weighted by Crippen LogP contribution is -2.45. The molecular formula is C21H24N2O4. The number of fused-ring (bicyclic) bond motifs is 1. The van der Waals surface area contributed by atoms with Crippen molar-refractivity contribution in [3.8, 4) is 11.5 Å². The molecule has 27 heavy (non-hydrogen) atoms. The highest BCUT2D eigenvalue weighted by Gasteiger charge is 2.31. The average molecular weight is 368 g/mol. The first kappa shape index (κ1) is 18.8. The molecule has 0 spiro atoms. The summed E-state index contributed by atoms with van der Waals surface area (Å²) in [6.45, 7) is 2.49. The summed E-state index contributed by atoms with van der Waals surface area (Å²) >= 11 is 0. The number of rotatable bonds is 6. The lowest BCUT2D eigenvalue weighted by molar-refractivity contribution is -0.130. The van der Waals surface area contributed by atoms with Crippen LogP contribution in [0, 0.1) is 0 Å². The smallest absolute Gasteiger partial charge is 0.267 e. The van der Waals surface area contributed by atoms with Gasteiger partial charge in [0.1, 0.15) is 11.5 Å². The summed E-state index contributed by atoms with van der Waals surface area (Å²) in [5.74, 6) is 1.25. The molecule has 6 nitrogen and oxygen atoms in total. The highest BCUT2D eigenvalue weighted by molar-refractivity contribution is 6.00. The van der Waals surface area contributed by atoms with Crippen LogP contribution in [0.1, 0.15) is 18.9 Å². The van der Waals surface area contributed by atoms with Crippen LogP contribution in [0.4, 0.5) is 5.69 Å². The van der Waals surface area contributed by atoms with Crippen LogP contribution in [0.2, 0.25) is 0 Å². The van der Waals surface area contributed by atoms with Gasteiger partial charge in [-0.15, -0.1) is 0 Å². The number of benzene rings is 2. The van der Waals surface area contributed by atoms with E-state index in [-0.39, 0.29) is 18.2 Å². The maximum atomic E-state index is 12.6. The predicted octanol–water partition coefficient (Wildman–Crippen LogP) is 2.86. The van der Waals surface area contributed by atoms with Gasteiger partial charge in [0.15, 0.2) is 6.10 Å². The average Bonchev–Trinajstić information content (AvgIpc) is 2.68. The summed E-state index contributed by atoms with van der Waals surface area (Å²) in [6, 6.07) is 15.0. The number of amides is 2. The molecule has 0 saturated heterocycles. The molecule has 0 N–H and O–H groups in total. The Morgan fingerprint density at radius 1 is 1.19 bits per heavy atom. The molecule has 2 aromatic rings. The Bertz CT molecular complexity index is 836. The van der Waals surface area contributed by atoms with Crippen LogP contribution in [0.5, 0.6) is 11.5 Å². The third-order valence-corrected chi connectivity index (χ3v) is 4.65. The molecule has 1 aliphatic rings.